The fraction of sp³-hybridized carbons (Fsp3) is 0.300. The zero-order chi connectivity index (χ0) is 16.4. The fourth-order valence-corrected chi connectivity index (χ4v) is 3.21. The lowest BCUT2D eigenvalue weighted by atomic mass is 10.1. The van der Waals surface area contributed by atoms with E-state index >= 15 is 0 Å². The number of hydrogen-bond acceptors (Lipinski definition) is 4. The summed E-state index contributed by atoms with van der Waals surface area (Å²) in [5.41, 5.74) is 4.90. The Labute approximate surface area is 148 Å². The second-order valence-corrected chi connectivity index (χ2v) is 6.05. The van der Waals surface area contributed by atoms with Gasteiger partial charge in [-0.25, -0.2) is 4.98 Å². The van der Waals surface area contributed by atoms with E-state index in [1.54, 1.807) is 0 Å². The molecule has 0 aliphatic carbocycles. The number of rotatable bonds is 3. The third kappa shape index (κ3) is 3.41. The zero-order valence-corrected chi connectivity index (χ0v) is 13.4. The molecule has 1 saturated heterocycles. The predicted molar refractivity (Wildman–Crippen MR) is 100 cm³/mol. The van der Waals surface area contributed by atoms with Gasteiger partial charge in [0.15, 0.2) is 0 Å². The van der Waals surface area contributed by atoms with Gasteiger partial charge in [0.25, 0.3) is 0 Å². The Kier molecular flexibility index (Phi) is 5.13. The second kappa shape index (κ2) is 7.47. The van der Waals surface area contributed by atoms with Crippen LogP contribution < -0.4 is 5.32 Å². The average Bonchev–Trinajstić information content (AvgIpc) is 3.01. The maximum absolute atomic E-state index is 9.00. The molecule has 3 heterocycles. The van der Waals surface area contributed by atoms with Crippen LogP contribution in [0.15, 0.2) is 48.7 Å². The van der Waals surface area contributed by atoms with E-state index in [-0.39, 0.29) is 7.43 Å². The number of aromatic nitrogens is 2. The molecule has 0 radical (unpaired) electrons. The maximum Gasteiger partial charge on any atom is 0.137 e. The molecule has 0 unspecified atom stereocenters. The summed E-state index contributed by atoms with van der Waals surface area (Å²) in [5.74, 6) is 0. The van der Waals surface area contributed by atoms with E-state index < -0.39 is 0 Å². The lowest BCUT2D eigenvalue weighted by Crippen LogP contribution is -2.43. The van der Waals surface area contributed by atoms with E-state index in [1.807, 2.05) is 42.5 Å². The lowest BCUT2D eigenvalue weighted by Gasteiger charge is -2.27. The molecule has 0 atom stereocenters. The summed E-state index contributed by atoms with van der Waals surface area (Å²) in [7, 11) is 0. The molecule has 0 amide bonds. The Hall–Kier alpha value is -2.68. The minimum atomic E-state index is 0. The molecule has 0 saturated carbocycles. The summed E-state index contributed by atoms with van der Waals surface area (Å²) in [6.07, 6.45) is 2.08. The Morgan fingerprint density at radius 1 is 1.08 bits per heavy atom. The van der Waals surface area contributed by atoms with Gasteiger partial charge in [-0.1, -0.05) is 25.6 Å². The second-order valence-electron chi connectivity index (χ2n) is 6.05. The van der Waals surface area contributed by atoms with Crippen LogP contribution in [0, 0.1) is 11.3 Å². The molecule has 5 heteroatoms. The van der Waals surface area contributed by atoms with Crippen LogP contribution in [0.3, 0.4) is 0 Å². The number of piperazine rings is 1. The van der Waals surface area contributed by atoms with E-state index in [9.17, 15) is 0 Å². The molecule has 1 aliphatic rings. The first-order valence-electron chi connectivity index (χ1n) is 8.25. The maximum atomic E-state index is 9.00. The molecule has 4 rings (SSSR count). The van der Waals surface area contributed by atoms with Gasteiger partial charge in [-0.2, -0.15) is 5.26 Å². The first-order chi connectivity index (χ1) is 11.8. The van der Waals surface area contributed by atoms with E-state index in [4.69, 9.17) is 10.2 Å². The Morgan fingerprint density at radius 2 is 1.84 bits per heavy atom. The summed E-state index contributed by atoms with van der Waals surface area (Å²) in [4.78, 5) is 7.30. The molecule has 1 aliphatic heterocycles. The quantitative estimate of drug-likeness (QED) is 0.801. The van der Waals surface area contributed by atoms with E-state index in [0.29, 0.717) is 5.56 Å². The molecular formula is C20H23N5. The van der Waals surface area contributed by atoms with Crippen LogP contribution in [-0.2, 0) is 6.54 Å². The van der Waals surface area contributed by atoms with Crippen LogP contribution >= 0.6 is 0 Å². The number of hydrogen-bond donors (Lipinski definition) is 1. The van der Waals surface area contributed by atoms with Crippen molar-refractivity contribution in [2.24, 2.45) is 0 Å². The highest BCUT2D eigenvalue weighted by Gasteiger charge is 2.18. The Bertz CT molecular complexity index is 883. The van der Waals surface area contributed by atoms with Crippen molar-refractivity contribution >= 4 is 5.65 Å². The van der Waals surface area contributed by atoms with Crippen LogP contribution in [0.4, 0.5) is 0 Å². The normalized spacial score (nSPS) is 14.8. The van der Waals surface area contributed by atoms with Gasteiger partial charge in [-0.3, -0.25) is 4.90 Å². The van der Waals surface area contributed by atoms with Crippen LogP contribution in [0.25, 0.3) is 16.9 Å². The van der Waals surface area contributed by atoms with Crippen molar-refractivity contribution in [2.75, 3.05) is 26.2 Å². The lowest BCUT2D eigenvalue weighted by molar-refractivity contribution is 0.230. The largest absolute Gasteiger partial charge is 0.314 e. The molecule has 1 fully saturated rings. The van der Waals surface area contributed by atoms with Crippen molar-refractivity contribution in [3.8, 4) is 17.3 Å². The molecule has 3 aromatic rings. The number of nitrogens with one attached hydrogen (secondary N) is 1. The SMILES string of the molecule is C.N#Cc1ccc(-c2nc3ccccn3c2CN2CCNCC2)cc1. The highest BCUT2D eigenvalue weighted by molar-refractivity contribution is 5.67. The van der Waals surface area contributed by atoms with Gasteiger partial charge in [-0.05, 0) is 24.3 Å². The predicted octanol–water partition coefficient (Wildman–Crippen LogP) is 2.91. The topological polar surface area (TPSA) is 56.4 Å². The molecule has 1 N–H and O–H groups in total. The zero-order valence-electron chi connectivity index (χ0n) is 13.4. The van der Waals surface area contributed by atoms with Crippen molar-refractivity contribution in [1.82, 2.24) is 19.6 Å². The molecule has 0 spiro atoms. The summed E-state index contributed by atoms with van der Waals surface area (Å²) in [6.45, 7) is 5.04. The number of benzene rings is 1. The summed E-state index contributed by atoms with van der Waals surface area (Å²) < 4.78 is 2.18. The first kappa shape index (κ1) is 17.2. The molecule has 25 heavy (non-hydrogen) atoms. The van der Waals surface area contributed by atoms with Gasteiger partial charge in [0.05, 0.1) is 23.0 Å². The van der Waals surface area contributed by atoms with Crippen molar-refractivity contribution in [3.63, 3.8) is 0 Å². The molecule has 128 valence electrons. The summed E-state index contributed by atoms with van der Waals surface area (Å²) in [6, 6.07) is 15.9. The molecule has 2 aromatic heterocycles. The van der Waals surface area contributed by atoms with Crippen molar-refractivity contribution < 1.29 is 0 Å². The number of nitrogens with zero attached hydrogens (tertiary/aromatic N) is 4. The highest BCUT2D eigenvalue weighted by Crippen LogP contribution is 2.26. The molecule has 1 aromatic carbocycles. The summed E-state index contributed by atoms with van der Waals surface area (Å²) in [5, 5.41) is 12.4. The Balaban J connectivity index is 0.00000182. The van der Waals surface area contributed by atoms with Gasteiger partial charge in [-0.15, -0.1) is 0 Å². The third-order valence-electron chi connectivity index (χ3n) is 4.50. The minimum Gasteiger partial charge on any atom is -0.314 e. The van der Waals surface area contributed by atoms with Crippen LogP contribution in [0.1, 0.15) is 18.7 Å². The van der Waals surface area contributed by atoms with Gasteiger partial charge in [0.1, 0.15) is 5.65 Å². The molecule has 5 nitrogen and oxygen atoms in total. The monoisotopic (exact) mass is 333 g/mol. The number of nitriles is 1. The first-order valence-corrected chi connectivity index (χ1v) is 8.25. The number of fused-ring (bicyclic) bond motifs is 1. The minimum absolute atomic E-state index is 0. The fourth-order valence-electron chi connectivity index (χ4n) is 3.21. The van der Waals surface area contributed by atoms with Crippen molar-refractivity contribution in [2.45, 2.75) is 14.0 Å². The number of imidazole rings is 1. The van der Waals surface area contributed by atoms with Gasteiger partial charge in [0.2, 0.25) is 0 Å². The standard InChI is InChI=1S/C19H19N5.CH4/c20-13-15-4-6-16(7-5-15)19-17(14-23-11-8-21-9-12-23)24-10-2-1-3-18(24)22-19;/h1-7,10,21H,8-9,11-12,14H2;1H4. The Morgan fingerprint density at radius 3 is 2.56 bits per heavy atom. The van der Waals surface area contributed by atoms with Crippen molar-refractivity contribution in [3.05, 3.63) is 59.9 Å². The van der Waals surface area contributed by atoms with Gasteiger partial charge < -0.3 is 9.72 Å². The molecule has 0 bridgehead atoms. The third-order valence-corrected chi connectivity index (χ3v) is 4.50. The van der Waals surface area contributed by atoms with Gasteiger partial charge in [0, 0.05) is 44.5 Å². The summed E-state index contributed by atoms with van der Waals surface area (Å²) >= 11 is 0. The number of pyridine rings is 1. The average molecular weight is 333 g/mol. The molecular weight excluding hydrogens is 310 g/mol. The van der Waals surface area contributed by atoms with E-state index in [0.717, 1.165) is 49.6 Å². The van der Waals surface area contributed by atoms with Crippen LogP contribution in [0.2, 0.25) is 0 Å². The van der Waals surface area contributed by atoms with Gasteiger partial charge >= 0.3 is 0 Å². The van der Waals surface area contributed by atoms with Crippen LogP contribution in [-0.4, -0.2) is 40.5 Å². The van der Waals surface area contributed by atoms with E-state index in [2.05, 4.69) is 26.9 Å². The van der Waals surface area contributed by atoms with Crippen molar-refractivity contribution in [1.29, 1.82) is 5.26 Å². The van der Waals surface area contributed by atoms with Crippen LogP contribution in [0.5, 0.6) is 0 Å². The highest BCUT2D eigenvalue weighted by atomic mass is 15.2. The smallest absolute Gasteiger partial charge is 0.137 e. The van der Waals surface area contributed by atoms with E-state index in [1.165, 1.54) is 5.69 Å².